The predicted molar refractivity (Wildman–Crippen MR) is 56.7 cm³/mol. The average molecular weight is 216 g/mol. The lowest BCUT2D eigenvalue weighted by Gasteiger charge is -2.05. The second kappa shape index (κ2) is 4.75. The highest BCUT2D eigenvalue weighted by molar-refractivity contribution is 7.84. The first-order chi connectivity index (χ1) is 6.61. The van der Waals surface area contributed by atoms with Gasteiger partial charge in [0.05, 0.1) is 6.33 Å². The van der Waals surface area contributed by atoms with E-state index < -0.39 is 10.8 Å². The van der Waals surface area contributed by atoms with Gasteiger partial charge in [0.2, 0.25) is 0 Å². The number of hydrogen-bond donors (Lipinski definition) is 3. The summed E-state index contributed by atoms with van der Waals surface area (Å²) in [7, 11) is -0.868. The van der Waals surface area contributed by atoms with Gasteiger partial charge in [-0.3, -0.25) is 9.00 Å². The summed E-state index contributed by atoms with van der Waals surface area (Å²) >= 11 is 0. The van der Waals surface area contributed by atoms with Crippen LogP contribution in [0.3, 0.4) is 0 Å². The molecule has 0 fully saturated rings. The molecule has 0 radical (unpaired) electrons. The Morgan fingerprint density at radius 2 is 2.43 bits per heavy atom. The lowest BCUT2D eigenvalue weighted by molar-refractivity contribution is 0.687. The van der Waals surface area contributed by atoms with Crippen molar-refractivity contribution in [2.24, 2.45) is 0 Å². The quantitative estimate of drug-likeness (QED) is 0.608. The third-order valence-corrected chi connectivity index (χ3v) is 2.35. The Morgan fingerprint density at radius 1 is 1.71 bits per heavy atom. The Labute approximate surface area is 83.4 Å². The van der Waals surface area contributed by atoms with Crippen LogP contribution >= 0.6 is 0 Å². The fourth-order valence-electron chi connectivity index (χ4n) is 0.864. The summed E-state index contributed by atoms with van der Waals surface area (Å²) in [5.41, 5.74) is 5.13. The Balaban J connectivity index is 2.63. The summed E-state index contributed by atoms with van der Waals surface area (Å²) in [6.45, 7) is 0.476. The van der Waals surface area contributed by atoms with Gasteiger partial charge in [-0.1, -0.05) is 0 Å². The molecular weight excluding hydrogens is 204 g/mol. The van der Waals surface area contributed by atoms with Crippen molar-refractivity contribution in [3.8, 4) is 0 Å². The minimum absolute atomic E-state index is 0.0504. The van der Waals surface area contributed by atoms with Crippen LogP contribution in [0.15, 0.2) is 11.1 Å². The molecule has 0 saturated carbocycles. The van der Waals surface area contributed by atoms with Crippen molar-refractivity contribution in [2.45, 2.75) is 0 Å². The number of nitrogens with zero attached hydrogens (tertiary/aromatic N) is 1. The van der Waals surface area contributed by atoms with Crippen molar-refractivity contribution in [3.63, 3.8) is 0 Å². The summed E-state index contributed by atoms with van der Waals surface area (Å²) in [4.78, 5) is 17.2. The molecule has 1 heterocycles. The molecule has 0 aromatic carbocycles. The zero-order valence-electron chi connectivity index (χ0n) is 7.74. The van der Waals surface area contributed by atoms with Crippen LogP contribution in [-0.4, -0.2) is 32.7 Å². The van der Waals surface area contributed by atoms with Gasteiger partial charge in [-0.2, -0.15) is 0 Å². The summed E-state index contributed by atoms with van der Waals surface area (Å²) < 4.78 is 10.7. The first-order valence-electron chi connectivity index (χ1n) is 3.98. The maximum absolute atomic E-state index is 11.0. The molecule has 0 amide bonds. The number of H-pyrrole nitrogens is 1. The summed E-state index contributed by atoms with van der Waals surface area (Å²) in [6, 6.07) is 0. The van der Waals surface area contributed by atoms with Crippen LogP contribution in [0, 0.1) is 0 Å². The fraction of sp³-hybridized carbons (Fsp3) is 0.429. The smallest absolute Gasteiger partial charge is 0.276 e. The number of anilines is 2. The highest BCUT2D eigenvalue weighted by Gasteiger charge is 2.02. The highest BCUT2D eigenvalue weighted by atomic mass is 32.2. The number of aromatic nitrogens is 2. The fourth-order valence-corrected chi connectivity index (χ4v) is 1.25. The number of nitrogens with one attached hydrogen (secondary N) is 2. The lowest BCUT2D eigenvalue weighted by atomic mass is 10.5. The van der Waals surface area contributed by atoms with Crippen LogP contribution in [0.5, 0.6) is 0 Å². The van der Waals surface area contributed by atoms with Crippen molar-refractivity contribution < 1.29 is 4.21 Å². The van der Waals surface area contributed by atoms with Crippen LogP contribution in [0.4, 0.5) is 11.5 Å². The van der Waals surface area contributed by atoms with Crippen LogP contribution in [0.2, 0.25) is 0 Å². The molecule has 0 saturated heterocycles. The Morgan fingerprint density at radius 3 is 3.07 bits per heavy atom. The lowest BCUT2D eigenvalue weighted by Crippen LogP contribution is -2.18. The van der Waals surface area contributed by atoms with Crippen molar-refractivity contribution in [1.29, 1.82) is 0 Å². The van der Waals surface area contributed by atoms with Gasteiger partial charge in [0.15, 0.2) is 5.82 Å². The third kappa shape index (κ3) is 2.84. The van der Waals surface area contributed by atoms with E-state index in [0.29, 0.717) is 18.1 Å². The van der Waals surface area contributed by atoms with E-state index in [-0.39, 0.29) is 11.2 Å². The van der Waals surface area contributed by atoms with Gasteiger partial charge in [-0.15, -0.1) is 0 Å². The Kier molecular flexibility index (Phi) is 3.63. The predicted octanol–water partition coefficient (Wildman–Crippen LogP) is -0.857. The van der Waals surface area contributed by atoms with Gasteiger partial charge in [0.1, 0.15) is 5.69 Å². The first kappa shape index (κ1) is 10.7. The van der Waals surface area contributed by atoms with Crippen LogP contribution in [0.1, 0.15) is 0 Å². The van der Waals surface area contributed by atoms with Gasteiger partial charge in [0, 0.05) is 29.4 Å². The van der Waals surface area contributed by atoms with Crippen LogP contribution < -0.4 is 16.6 Å². The largest absolute Gasteiger partial charge is 0.391 e. The SMILES string of the molecule is CS(=O)CCNc1nc[nH]c(=O)c1N. The second-order valence-corrected chi connectivity index (χ2v) is 4.25. The molecule has 7 heteroatoms. The molecule has 1 aromatic rings. The Bertz CT molecular complexity index is 390. The van der Waals surface area contributed by atoms with Crippen molar-refractivity contribution >= 4 is 22.3 Å². The molecule has 78 valence electrons. The van der Waals surface area contributed by atoms with E-state index in [9.17, 15) is 9.00 Å². The zero-order valence-corrected chi connectivity index (χ0v) is 8.56. The molecule has 1 rings (SSSR count). The van der Waals surface area contributed by atoms with Crippen molar-refractivity contribution in [2.75, 3.05) is 29.6 Å². The van der Waals surface area contributed by atoms with E-state index in [2.05, 4.69) is 15.3 Å². The highest BCUT2D eigenvalue weighted by Crippen LogP contribution is 2.05. The van der Waals surface area contributed by atoms with Gasteiger partial charge in [-0.05, 0) is 0 Å². The van der Waals surface area contributed by atoms with E-state index >= 15 is 0 Å². The summed E-state index contributed by atoms with van der Waals surface area (Å²) in [6.07, 6.45) is 2.88. The molecule has 1 aromatic heterocycles. The zero-order chi connectivity index (χ0) is 10.6. The third-order valence-electron chi connectivity index (χ3n) is 1.57. The minimum atomic E-state index is -0.868. The van der Waals surface area contributed by atoms with Gasteiger partial charge in [-0.25, -0.2) is 4.98 Å². The first-order valence-corrected chi connectivity index (χ1v) is 5.71. The Hall–Kier alpha value is -1.37. The number of nitrogens with two attached hydrogens (primary N) is 1. The molecule has 0 bridgehead atoms. The van der Waals surface area contributed by atoms with Crippen LogP contribution in [-0.2, 0) is 10.8 Å². The van der Waals surface area contributed by atoms with Crippen molar-refractivity contribution in [3.05, 3.63) is 16.7 Å². The van der Waals surface area contributed by atoms with Gasteiger partial charge < -0.3 is 16.0 Å². The number of aromatic amines is 1. The molecular formula is C7H12N4O2S. The van der Waals surface area contributed by atoms with E-state index in [1.165, 1.54) is 6.33 Å². The van der Waals surface area contributed by atoms with E-state index in [1.807, 2.05) is 0 Å². The van der Waals surface area contributed by atoms with Crippen LogP contribution in [0.25, 0.3) is 0 Å². The molecule has 4 N–H and O–H groups in total. The monoisotopic (exact) mass is 216 g/mol. The maximum atomic E-state index is 11.0. The summed E-state index contributed by atoms with van der Waals surface area (Å²) in [5, 5.41) is 2.84. The average Bonchev–Trinajstić information content (AvgIpc) is 2.12. The topological polar surface area (TPSA) is 101 Å². The normalized spacial score (nSPS) is 12.4. The molecule has 14 heavy (non-hydrogen) atoms. The number of hydrogen-bond acceptors (Lipinski definition) is 5. The maximum Gasteiger partial charge on any atom is 0.276 e. The molecule has 6 nitrogen and oxygen atoms in total. The molecule has 0 aliphatic rings. The van der Waals surface area contributed by atoms with E-state index in [1.54, 1.807) is 6.26 Å². The molecule has 0 spiro atoms. The van der Waals surface area contributed by atoms with Crippen molar-refractivity contribution in [1.82, 2.24) is 9.97 Å². The van der Waals surface area contributed by atoms with Gasteiger partial charge in [0.25, 0.3) is 5.56 Å². The van der Waals surface area contributed by atoms with E-state index in [0.717, 1.165) is 0 Å². The standard InChI is InChI=1S/C7H12N4O2S/c1-14(13)3-2-9-6-5(8)7(12)11-4-10-6/h4H,2-3,8H2,1H3,(H2,9,10,11,12). The van der Waals surface area contributed by atoms with E-state index in [4.69, 9.17) is 5.73 Å². The second-order valence-electron chi connectivity index (χ2n) is 2.70. The number of nitrogen functional groups attached to an aromatic ring is 1. The molecule has 1 atom stereocenters. The van der Waals surface area contributed by atoms with Gasteiger partial charge >= 0.3 is 0 Å². The molecule has 0 aliphatic carbocycles. The molecule has 0 aliphatic heterocycles. The summed E-state index contributed by atoms with van der Waals surface area (Å²) in [5.74, 6) is 0.827. The number of rotatable bonds is 4. The minimum Gasteiger partial charge on any atom is -0.391 e. The molecule has 1 unspecified atom stereocenters.